The molecule has 33 heavy (non-hydrogen) atoms. The number of unbranched alkanes of at least 4 members (excludes halogenated alkanes) is 11. The van der Waals surface area contributed by atoms with E-state index in [2.05, 4.69) is 20.8 Å². The lowest BCUT2D eigenvalue weighted by atomic mass is 9.84. The normalized spacial score (nSPS) is 11.5. The number of carboxylic acids is 1. The predicted molar refractivity (Wildman–Crippen MR) is 137 cm³/mol. The van der Waals surface area contributed by atoms with E-state index in [4.69, 9.17) is 4.74 Å². The molecule has 188 valence electrons. The molecule has 0 fully saturated rings. The average molecular weight is 461 g/mol. The molecule has 0 spiro atoms. The quantitative estimate of drug-likeness (QED) is 0.156. The fourth-order valence-electron chi connectivity index (χ4n) is 4.60. The second-order valence-corrected chi connectivity index (χ2v) is 9.56. The van der Waals surface area contributed by atoms with Crippen molar-refractivity contribution in [2.24, 2.45) is 0 Å². The first-order valence-corrected chi connectivity index (χ1v) is 13.5. The van der Waals surface area contributed by atoms with Crippen molar-refractivity contribution >= 4 is 11.9 Å². The van der Waals surface area contributed by atoms with Gasteiger partial charge in [0, 0.05) is 0 Å². The van der Waals surface area contributed by atoms with Crippen LogP contribution in [0.3, 0.4) is 0 Å². The van der Waals surface area contributed by atoms with E-state index in [1.807, 2.05) is 0 Å². The van der Waals surface area contributed by atoms with Crippen molar-refractivity contribution in [1.82, 2.24) is 0 Å². The Labute approximate surface area is 202 Å². The van der Waals surface area contributed by atoms with Gasteiger partial charge in [0.05, 0.1) is 11.1 Å². The summed E-state index contributed by atoms with van der Waals surface area (Å²) in [4.78, 5) is 24.9. The van der Waals surface area contributed by atoms with Gasteiger partial charge in [-0.25, -0.2) is 9.59 Å². The molecule has 0 aliphatic carbocycles. The fraction of sp³-hybridized carbons (Fsp3) is 0.724. The highest BCUT2D eigenvalue weighted by Gasteiger charge is 2.34. The maximum Gasteiger partial charge on any atom is 0.339 e. The molecule has 1 N–H and O–H groups in total. The molecule has 4 nitrogen and oxygen atoms in total. The molecule has 0 saturated carbocycles. The van der Waals surface area contributed by atoms with Crippen LogP contribution in [0.1, 0.15) is 151 Å². The van der Waals surface area contributed by atoms with Crippen LogP contribution in [0.25, 0.3) is 0 Å². The minimum atomic E-state index is -1.09. The highest BCUT2D eigenvalue weighted by molar-refractivity contribution is 6.02. The van der Waals surface area contributed by atoms with Gasteiger partial charge in [0.2, 0.25) is 0 Å². The Morgan fingerprint density at radius 3 is 1.52 bits per heavy atom. The molecule has 1 aromatic carbocycles. The number of carbonyl (C=O) groups excluding carboxylic acids is 1. The van der Waals surface area contributed by atoms with E-state index in [1.165, 1.54) is 57.4 Å². The monoisotopic (exact) mass is 460 g/mol. The van der Waals surface area contributed by atoms with Crippen molar-refractivity contribution in [1.29, 1.82) is 0 Å². The van der Waals surface area contributed by atoms with Gasteiger partial charge in [-0.3, -0.25) is 0 Å². The maximum atomic E-state index is 13.3. The van der Waals surface area contributed by atoms with Gasteiger partial charge in [-0.05, 0) is 50.7 Å². The third-order valence-corrected chi connectivity index (χ3v) is 6.64. The van der Waals surface area contributed by atoms with Crippen LogP contribution in [-0.2, 0) is 4.74 Å². The zero-order valence-electron chi connectivity index (χ0n) is 21.5. The van der Waals surface area contributed by atoms with Gasteiger partial charge in [-0.15, -0.1) is 0 Å². The van der Waals surface area contributed by atoms with Gasteiger partial charge in [-0.1, -0.05) is 104 Å². The summed E-state index contributed by atoms with van der Waals surface area (Å²) < 4.78 is 6.30. The second-order valence-electron chi connectivity index (χ2n) is 9.56. The molecule has 0 heterocycles. The van der Waals surface area contributed by atoms with E-state index in [1.54, 1.807) is 18.2 Å². The lowest BCUT2D eigenvalue weighted by Crippen LogP contribution is -2.36. The van der Waals surface area contributed by atoms with E-state index < -0.39 is 17.5 Å². The van der Waals surface area contributed by atoms with E-state index >= 15 is 0 Å². The fourth-order valence-corrected chi connectivity index (χ4v) is 4.60. The summed E-state index contributed by atoms with van der Waals surface area (Å²) in [5, 5.41) is 9.55. The van der Waals surface area contributed by atoms with Crippen LogP contribution in [0.2, 0.25) is 0 Å². The molecule has 0 aliphatic rings. The minimum Gasteiger partial charge on any atom is -0.478 e. The van der Waals surface area contributed by atoms with Crippen LogP contribution in [-0.4, -0.2) is 22.6 Å². The van der Waals surface area contributed by atoms with Gasteiger partial charge in [0.25, 0.3) is 0 Å². The number of rotatable bonds is 20. The zero-order valence-corrected chi connectivity index (χ0v) is 21.5. The Morgan fingerprint density at radius 1 is 0.667 bits per heavy atom. The molecule has 4 heteroatoms. The van der Waals surface area contributed by atoms with Crippen molar-refractivity contribution < 1.29 is 19.4 Å². The van der Waals surface area contributed by atoms with Crippen LogP contribution < -0.4 is 0 Å². The van der Waals surface area contributed by atoms with Crippen molar-refractivity contribution in [3.05, 3.63) is 35.4 Å². The smallest absolute Gasteiger partial charge is 0.339 e. The van der Waals surface area contributed by atoms with Crippen LogP contribution in [0.15, 0.2) is 24.3 Å². The molecule has 1 aromatic rings. The van der Waals surface area contributed by atoms with E-state index in [0.717, 1.165) is 57.8 Å². The molecular formula is C29H48O4. The maximum absolute atomic E-state index is 13.3. The lowest BCUT2D eigenvalue weighted by molar-refractivity contribution is -0.0362. The molecule has 0 saturated heterocycles. The third kappa shape index (κ3) is 11.7. The summed E-state index contributed by atoms with van der Waals surface area (Å²) in [7, 11) is 0. The molecule has 0 aliphatic heterocycles. The Kier molecular flexibility index (Phi) is 15.6. The number of carboxylic acid groups (broad SMARTS) is 1. The number of aromatic carboxylic acids is 1. The van der Waals surface area contributed by atoms with Gasteiger partial charge in [0.1, 0.15) is 5.60 Å². The minimum absolute atomic E-state index is 0.0212. The standard InChI is InChI=1S/C29H48O4/c1-4-7-10-13-14-19-24-29(22-17-11-8-5-2,23-18-12-9-6-3)33-28(32)26-21-16-15-20-25(26)27(30)31/h15-16,20-21H,4-14,17-19,22-24H2,1-3H3,(H,30,31). The predicted octanol–water partition coefficient (Wildman–Crippen LogP) is 8.97. The lowest BCUT2D eigenvalue weighted by Gasteiger charge is -2.34. The van der Waals surface area contributed by atoms with Crippen molar-refractivity contribution in [3.8, 4) is 0 Å². The molecule has 0 atom stereocenters. The average Bonchev–Trinajstić information content (AvgIpc) is 2.81. The van der Waals surface area contributed by atoms with E-state index in [-0.39, 0.29) is 11.1 Å². The number of esters is 1. The van der Waals surface area contributed by atoms with Crippen LogP contribution in [0, 0.1) is 0 Å². The molecule has 0 bridgehead atoms. The highest BCUT2D eigenvalue weighted by Crippen LogP contribution is 2.34. The first-order valence-electron chi connectivity index (χ1n) is 13.5. The number of carbonyl (C=O) groups is 2. The van der Waals surface area contributed by atoms with Gasteiger partial charge in [0.15, 0.2) is 0 Å². The van der Waals surface area contributed by atoms with Crippen LogP contribution in [0.5, 0.6) is 0 Å². The first-order chi connectivity index (χ1) is 16.0. The molecule has 0 radical (unpaired) electrons. The summed E-state index contributed by atoms with van der Waals surface area (Å²) in [6.07, 6.45) is 19.0. The SMILES string of the molecule is CCCCCCCCC(CCCCCC)(CCCCCC)OC(=O)c1ccccc1C(=O)O. The van der Waals surface area contributed by atoms with Crippen molar-refractivity contribution in [2.75, 3.05) is 0 Å². The highest BCUT2D eigenvalue weighted by atomic mass is 16.6. The Morgan fingerprint density at radius 2 is 1.06 bits per heavy atom. The molecule has 0 unspecified atom stereocenters. The molecule has 0 aromatic heterocycles. The van der Waals surface area contributed by atoms with Crippen molar-refractivity contribution in [3.63, 3.8) is 0 Å². The van der Waals surface area contributed by atoms with Gasteiger partial charge < -0.3 is 9.84 Å². The number of hydrogen-bond donors (Lipinski definition) is 1. The zero-order chi connectivity index (χ0) is 24.4. The summed E-state index contributed by atoms with van der Waals surface area (Å²) in [6, 6.07) is 6.42. The Bertz CT molecular complexity index is 655. The molecular weight excluding hydrogens is 412 g/mol. The number of benzene rings is 1. The third-order valence-electron chi connectivity index (χ3n) is 6.64. The van der Waals surface area contributed by atoms with Crippen LogP contribution in [0.4, 0.5) is 0 Å². The summed E-state index contributed by atoms with van der Waals surface area (Å²) >= 11 is 0. The van der Waals surface area contributed by atoms with E-state index in [9.17, 15) is 14.7 Å². The summed E-state index contributed by atoms with van der Waals surface area (Å²) in [5.74, 6) is -1.57. The number of ether oxygens (including phenoxy) is 1. The number of hydrogen-bond acceptors (Lipinski definition) is 3. The summed E-state index contributed by atoms with van der Waals surface area (Å²) in [5.41, 5.74) is -0.304. The van der Waals surface area contributed by atoms with Gasteiger partial charge in [-0.2, -0.15) is 0 Å². The van der Waals surface area contributed by atoms with Crippen molar-refractivity contribution in [2.45, 2.75) is 136 Å². The van der Waals surface area contributed by atoms with Crippen LogP contribution >= 0.6 is 0 Å². The first kappa shape index (κ1) is 29.2. The molecule has 0 amide bonds. The molecule has 1 rings (SSSR count). The van der Waals surface area contributed by atoms with Gasteiger partial charge >= 0.3 is 11.9 Å². The topological polar surface area (TPSA) is 63.6 Å². The second kappa shape index (κ2) is 17.6. The largest absolute Gasteiger partial charge is 0.478 e. The Balaban J connectivity index is 3.01. The Hall–Kier alpha value is -1.84. The summed E-state index contributed by atoms with van der Waals surface area (Å²) in [6.45, 7) is 6.64. The van der Waals surface area contributed by atoms with E-state index in [0.29, 0.717) is 0 Å².